The van der Waals surface area contributed by atoms with E-state index in [1.54, 1.807) is 54.6 Å². The number of methoxy groups -OCH3 is 1. The van der Waals surface area contributed by atoms with Crippen molar-refractivity contribution >= 4 is 39.3 Å². The Morgan fingerprint density at radius 3 is 2.22 bits per heavy atom. The van der Waals surface area contributed by atoms with Crippen molar-refractivity contribution in [2.75, 3.05) is 18.5 Å². The number of carbonyl (C=O) groups excluding carboxylic acids is 2. The molecule has 9 heteroatoms. The van der Waals surface area contributed by atoms with Crippen LogP contribution in [-0.4, -0.2) is 34.5 Å². The Labute approximate surface area is 191 Å². The number of hydrogen-bond donors (Lipinski definition) is 0. The average Bonchev–Trinajstić information content (AvgIpc) is 2.82. The number of nitrogens with zero attached hydrogens (tertiary/aromatic N) is 1. The Morgan fingerprint density at radius 2 is 1.59 bits per heavy atom. The van der Waals surface area contributed by atoms with Gasteiger partial charge in [0, 0.05) is 7.05 Å². The van der Waals surface area contributed by atoms with Crippen molar-refractivity contribution in [2.45, 2.75) is 11.5 Å². The Hall–Kier alpha value is -3.36. The van der Waals surface area contributed by atoms with Crippen LogP contribution in [0.15, 0.2) is 77.7 Å². The van der Waals surface area contributed by atoms with E-state index in [9.17, 15) is 18.0 Å². The van der Waals surface area contributed by atoms with Gasteiger partial charge in [-0.25, -0.2) is 18.0 Å². The van der Waals surface area contributed by atoms with Crippen molar-refractivity contribution in [3.8, 4) is 0 Å². The predicted molar refractivity (Wildman–Crippen MR) is 120 cm³/mol. The molecule has 0 fully saturated rings. The second-order valence-electron chi connectivity index (χ2n) is 6.71. The van der Waals surface area contributed by atoms with E-state index in [4.69, 9.17) is 16.3 Å². The minimum absolute atomic E-state index is 0.0670. The highest BCUT2D eigenvalue weighted by Crippen LogP contribution is 2.26. The second kappa shape index (κ2) is 9.84. The summed E-state index contributed by atoms with van der Waals surface area (Å²) >= 11 is 6.13. The summed E-state index contributed by atoms with van der Waals surface area (Å²) in [7, 11) is -1.21. The van der Waals surface area contributed by atoms with Gasteiger partial charge in [0.2, 0.25) is 0 Å². The summed E-state index contributed by atoms with van der Waals surface area (Å²) in [5, 5.41) is 0.0670. The molecule has 0 N–H and O–H groups in total. The molecule has 0 aliphatic heterocycles. The number of para-hydroxylation sites is 1. The van der Waals surface area contributed by atoms with Crippen LogP contribution in [0.1, 0.15) is 26.3 Å². The molecule has 3 aromatic rings. The Morgan fingerprint density at radius 1 is 0.938 bits per heavy atom. The monoisotopic (exact) mass is 473 g/mol. The molecule has 0 amide bonds. The summed E-state index contributed by atoms with van der Waals surface area (Å²) in [5.41, 5.74) is 1.41. The molecule has 0 atom stereocenters. The minimum Gasteiger partial charge on any atom is -0.465 e. The van der Waals surface area contributed by atoms with Gasteiger partial charge < -0.3 is 9.47 Å². The van der Waals surface area contributed by atoms with Crippen LogP contribution in [0.25, 0.3) is 0 Å². The summed E-state index contributed by atoms with van der Waals surface area (Å²) < 4.78 is 37.0. The molecule has 0 unspecified atom stereocenters. The van der Waals surface area contributed by atoms with E-state index in [1.165, 1.54) is 32.4 Å². The smallest absolute Gasteiger partial charge is 0.340 e. The van der Waals surface area contributed by atoms with Crippen molar-refractivity contribution in [1.29, 1.82) is 0 Å². The van der Waals surface area contributed by atoms with Crippen LogP contribution in [0.4, 0.5) is 5.69 Å². The maximum Gasteiger partial charge on any atom is 0.340 e. The minimum atomic E-state index is -3.92. The van der Waals surface area contributed by atoms with Crippen LogP contribution in [0.3, 0.4) is 0 Å². The first-order valence-electron chi connectivity index (χ1n) is 9.42. The maximum atomic E-state index is 13.0. The molecular formula is C23H20ClNO6S. The van der Waals surface area contributed by atoms with Gasteiger partial charge in [-0.2, -0.15) is 0 Å². The summed E-state index contributed by atoms with van der Waals surface area (Å²) in [6.07, 6.45) is 0. The molecule has 0 radical (unpaired) electrons. The number of esters is 2. The lowest BCUT2D eigenvalue weighted by Crippen LogP contribution is -2.26. The van der Waals surface area contributed by atoms with Gasteiger partial charge in [0.05, 0.1) is 33.8 Å². The number of benzene rings is 3. The predicted octanol–water partition coefficient (Wildman–Crippen LogP) is 4.31. The molecular weight excluding hydrogens is 454 g/mol. The molecule has 3 aromatic carbocycles. The van der Waals surface area contributed by atoms with Crippen LogP contribution in [0, 0.1) is 0 Å². The van der Waals surface area contributed by atoms with Gasteiger partial charge in [-0.1, -0.05) is 41.9 Å². The Bertz CT molecular complexity index is 1230. The van der Waals surface area contributed by atoms with E-state index in [0.717, 1.165) is 4.31 Å². The molecule has 0 heterocycles. The zero-order valence-corrected chi connectivity index (χ0v) is 18.9. The van der Waals surface area contributed by atoms with Gasteiger partial charge in [-0.15, -0.1) is 0 Å². The lowest BCUT2D eigenvalue weighted by Gasteiger charge is -2.20. The molecule has 0 aliphatic carbocycles. The molecule has 0 aromatic heterocycles. The Balaban J connectivity index is 1.77. The van der Waals surface area contributed by atoms with Gasteiger partial charge in [-0.3, -0.25) is 4.31 Å². The van der Waals surface area contributed by atoms with E-state index in [2.05, 4.69) is 4.74 Å². The lowest BCUT2D eigenvalue weighted by molar-refractivity contribution is 0.0471. The van der Waals surface area contributed by atoms with E-state index in [1.807, 2.05) is 0 Å². The quantitative estimate of drug-likeness (QED) is 0.475. The van der Waals surface area contributed by atoms with Gasteiger partial charge in [-0.05, 0) is 48.0 Å². The van der Waals surface area contributed by atoms with Crippen LogP contribution in [0.5, 0.6) is 0 Å². The standard InChI is InChI=1S/C23H20ClNO6S/c1-25(18-6-4-3-5-7-18)32(28,29)19-12-13-21(24)20(14-19)23(27)31-15-16-8-10-17(11-9-16)22(26)30-2/h3-14H,15H2,1-2H3. The number of ether oxygens (including phenoxy) is 2. The molecule has 7 nitrogen and oxygen atoms in total. The van der Waals surface area contributed by atoms with E-state index in [0.29, 0.717) is 16.8 Å². The van der Waals surface area contributed by atoms with Gasteiger partial charge in [0.1, 0.15) is 6.61 Å². The molecule has 32 heavy (non-hydrogen) atoms. The fourth-order valence-corrected chi connectivity index (χ4v) is 4.25. The van der Waals surface area contributed by atoms with Crippen LogP contribution in [-0.2, 0) is 26.1 Å². The first kappa shape index (κ1) is 23.3. The van der Waals surface area contributed by atoms with Crippen LogP contribution >= 0.6 is 11.6 Å². The highest BCUT2D eigenvalue weighted by molar-refractivity contribution is 7.92. The summed E-state index contributed by atoms with van der Waals surface area (Å²) in [5.74, 6) is -1.25. The largest absolute Gasteiger partial charge is 0.465 e. The molecule has 0 saturated carbocycles. The molecule has 0 aliphatic rings. The first-order chi connectivity index (χ1) is 15.2. The second-order valence-corrected chi connectivity index (χ2v) is 9.09. The third-order valence-corrected chi connectivity index (χ3v) is 6.79. The van der Waals surface area contributed by atoms with Crippen molar-refractivity contribution in [1.82, 2.24) is 0 Å². The number of sulfonamides is 1. The average molecular weight is 474 g/mol. The van der Waals surface area contributed by atoms with Gasteiger partial charge in [0.15, 0.2) is 0 Å². The van der Waals surface area contributed by atoms with Gasteiger partial charge in [0.25, 0.3) is 10.0 Å². The normalized spacial score (nSPS) is 11.0. The van der Waals surface area contributed by atoms with Gasteiger partial charge >= 0.3 is 11.9 Å². The number of anilines is 1. The van der Waals surface area contributed by atoms with E-state index < -0.39 is 22.0 Å². The molecule has 166 valence electrons. The number of halogens is 1. The molecule has 0 spiro atoms. The fourth-order valence-electron chi connectivity index (χ4n) is 2.84. The van der Waals surface area contributed by atoms with E-state index in [-0.39, 0.29) is 22.1 Å². The maximum absolute atomic E-state index is 13.0. The molecule has 0 bridgehead atoms. The zero-order chi connectivity index (χ0) is 23.3. The molecule has 0 saturated heterocycles. The summed E-state index contributed by atoms with van der Waals surface area (Å²) in [4.78, 5) is 24.0. The number of hydrogen-bond acceptors (Lipinski definition) is 6. The zero-order valence-electron chi connectivity index (χ0n) is 17.3. The van der Waals surface area contributed by atoms with Crippen molar-refractivity contribution in [3.05, 3.63) is 94.5 Å². The number of rotatable bonds is 7. The first-order valence-corrected chi connectivity index (χ1v) is 11.2. The SMILES string of the molecule is COC(=O)c1ccc(COC(=O)c2cc(S(=O)(=O)N(C)c3ccccc3)ccc2Cl)cc1. The fraction of sp³-hybridized carbons (Fsp3) is 0.130. The van der Waals surface area contributed by atoms with E-state index >= 15 is 0 Å². The third-order valence-electron chi connectivity index (χ3n) is 4.68. The lowest BCUT2D eigenvalue weighted by atomic mass is 10.1. The highest BCUT2D eigenvalue weighted by Gasteiger charge is 2.24. The summed E-state index contributed by atoms with van der Waals surface area (Å²) in [6.45, 7) is -0.0858. The van der Waals surface area contributed by atoms with Crippen molar-refractivity contribution in [2.24, 2.45) is 0 Å². The molecule has 3 rings (SSSR count). The topological polar surface area (TPSA) is 90.0 Å². The highest BCUT2D eigenvalue weighted by atomic mass is 35.5. The van der Waals surface area contributed by atoms with Crippen molar-refractivity contribution in [3.63, 3.8) is 0 Å². The van der Waals surface area contributed by atoms with Crippen LogP contribution in [0.2, 0.25) is 5.02 Å². The van der Waals surface area contributed by atoms with Crippen molar-refractivity contribution < 1.29 is 27.5 Å². The Kier molecular flexibility index (Phi) is 7.17. The third kappa shape index (κ3) is 5.09. The summed E-state index contributed by atoms with van der Waals surface area (Å²) in [6, 6.07) is 18.8. The van der Waals surface area contributed by atoms with Crippen LogP contribution < -0.4 is 4.31 Å². The number of carbonyl (C=O) groups is 2.